The number of esters is 1. The summed E-state index contributed by atoms with van der Waals surface area (Å²) in [7, 11) is 1.37. The first-order chi connectivity index (χ1) is 19.3. The highest BCUT2D eigenvalue weighted by molar-refractivity contribution is 7.15. The molecular formula is C32H33N3O4S. The zero-order valence-electron chi connectivity index (χ0n) is 23.0. The molecule has 2 aliphatic rings. The Bertz CT molecular complexity index is 1610. The lowest BCUT2D eigenvalue weighted by Crippen LogP contribution is -2.34. The zero-order valence-corrected chi connectivity index (χ0v) is 23.8. The summed E-state index contributed by atoms with van der Waals surface area (Å²) >= 11 is 1.65. The SMILES string of the molecule is COC(=O)c1ccc2c(c1)N(CC(=O)O)C(c1ccc3nc(-c4sc(C)nc4C)ccc3c1)C2C1CCCCC1. The van der Waals surface area contributed by atoms with Crippen LogP contribution in [0.2, 0.25) is 0 Å². The molecule has 0 amide bonds. The summed E-state index contributed by atoms with van der Waals surface area (Å²) in [4.78, 5) is 37.2. The van der Waals surface area contributed by atoms with Gasteiger partial charge in [0.15, 0.2) is 0 Å². The summed E-state index contributed by atoms with van der Waals surface area (Å²) in [5.41, 5.74) is 6.24. The fourth-order valence-electron chi connectivity index (χ4n) is 6.78. The molecule has 1 N–H and O–H groups in total. The fraction of sp³-hybridized carbons (Fsp3) is 0.375. The van der Waals surface area contributed by atoms with Crippen LogP contribution in [0.3, 0.4) is 0 Å². The number of fused-ring (bicyclic) bond motifs is 2. The number of benzene rings is 2. The lowest BCUT2D eigenvalue weighted by molar-refractivity contribution is -0.135. The van der Waals surface area contributed by atoms with Crippen LogP contribution in [0.4, 0.5) is 5.69 Å². The van der Waals surface area contributed by atoms with Gasteiger partial charge in [0, 0.05) is 17.0 Å². The number of hydrogen-bond acceptors (Lipinski definition) is 7. The van der Waals surface area contributed by atoms with E-state index in [0.717, 1.165) is 61.8 Å². The third-order valence-corrected chi connectivity index (χ3v) is 9.55. The molecule has 0 spiro atoms. The largest absolute Gasteiger partial charge is 0.480 e. The molecule has 6 rings (SSSR count). The second-order valence-electron chi connectivity index (χ2n) is 11.0. The Balaban J connectivity index is 1.46. The number of carbonyl (C=O) groups excluding carboxylic acids is 1. The number of hydrogen-bond donors (Lipinski definition) is 1. The standard InChI is InChI=1S/C32H33N3O4S/c1-18-31(40-19(2)33-18)26-14-10-21-15-22(11-13-25(21)34-26)30-29(20-7-5-4-6-8-20)24-12-9-23(32(38)39-3)16-27(24)35(30)17-28(36)37/h9-16,20,29-30H,4-8,17H2,1-3H3,(H,36,37). The van der Waals surface area contributed by atoms with Gasteiger partial charge < -0.3 is 14.7 Å². The molecule has 206 valence electrons. The van der Waals surface area contributed by atoms with Crippen LogP contribution >= 0.6 is 11.3 Å². The van der Waals surface area contributed by atoms with Crippen molar-refractivity contribution in [1.82, 2.24) is 9.97 Å². The Morgan fingerprint density at radius 3 is 2.52 bits per heavy atom. The quantitative estimate of drug-likeness (QED) is 0.254. The summed E-state index contributed by atoms with van der Waals surface area (Å²) in [6.45, 7) is 3.87. The maximum absolute atomic E-state index is 12.4. The molecule has 2 atom stereocenters. The molecule has 1 aliphatic heterocycles. The minimum Gasteiger partial charge on any atom is -0.480 e. The van der Waals surface area contributed by atoms with Gasteiger partial charge in [-0.2, -0.15) is 0 Å². The topological polar surface area (TPSA) is 92.6 Å². The Hall–Kier alpha value is -3.78. The highest BCUT2D eigenvalue weighted by atomic mass is 32.1. The molecule has 0 radical (unpaired) electrons. The van der Waals surface area contributed by atoms with Gasteiger partial charge in [0.1, 0.15) is 6.54 Å². The number of thiazole rings is 1. The van der Waals surface area contributed by atoms with Crippen molar-refractivity contribution in [1.29, 1.82) is 0 Å². The van der Waals surface area contributed by atoms with Gasteiger partial charge in [0.25, 0.3) is 0 Å². The second-order valence-corrected chi connectivity index (χ2v) is 12.2. The van der Waals surface area contributed by atoms with Crippen molar-refractivity contribution in [3.8, 4) is 10.6 Å². The Morgan fingerprint density at radius 2 is 1.82 bits per heavy atom. The average molecular weight is 556 g/mol. The van der Waals surface area contributed by atoms with Gasteiger partial charge in [0.05, 0.1) is 45.5 Å². The molecule has 2 aromatic heterocycles. The molecule has 2 aromatic carbocycles. The second kappa shape index (κ2) is 10.7. The van der Waals surface area contributed by atoms with E-state index in [1.807, 2.05) is 43.0 Å². The summed E-state index contributed by atoms with van der Waals surface area (Å²) in [6.07, 6.45) is 5.84. The fourth-order valence-corrected chi connectivity index (χ4v) is 7.67. The van der Waals surface area contributed by atoms with Crippen molar-refractivity contribution in [3.05, 3.63) is 75.9 Å². The number of pyridine rings is 1. The molecule has 8 heteroatoms. The highest BCUT2D eigenvalue weighted by Gasteiger charge is 2.44. The van der Waals surface area contributed by atoms with Crippen molar-refractivity contribution < 1.29 is 19.4 Å². The first-order valence-electron chi connectivity index (χ1n) is 13.9. The normalized spacial score (nSPS) is 19.1. The number of aromatic nitrogens is 2. The molecule has 7 nitrogen and oxygen atoms in total. The van der Waals surface area contributed by atoms with Crippen molar-refractivity contribution in [2.75, 3.05) is 18.6 Å². The average Bonchev–Trinajstić information content (AvgIpc) is 3.47. The highest BCUT2D eigenvalue weighted by Crippen LogP contribution is 2.55. The van der Waals surface area contributed by atoms with Crippen molar-refractivity contribution in [3.63, 3.8) is 0 Å². The molecule has 0 bridgehead atoms. The molecule has 2 unspecified atom stereocenters. The number of carboxylic acid groups (broad SMARTS) is 1. The number of aryl methyl sites for hydroxylation is 2. The molecule has 40 heavy (non-hydrogen) atoms. The van der Waals surface area contributed by atoms with E-state index in [-0.39, 0.29) is 18.5 Å². The van der Waals surface area contributed by atoms with Gasteiger partial charge in [-0.3, -0.25) is 4.79 Å². The van der Waals surface area contributed by atoms with Crippen molar-refractivity contribution in [2.45, 2.75) is 57.9 Å². The molecule has 0 saturated heterocycles. The minimum absolute atomic E-state index is 0.133. The summed E-state index contributed by atoms with van der Waals surface area (Å²) in [5, 5.41) is 12.0. The van der Waals surface area contributed by atoms with Crippen LogP contribution in [0.25, 0.3) is 21.5 Å². The monoisotopic (exact) mass is 555 g/mol. The van der Waals surface area contributed by atoms with E-state index in [1.54, 1.807) is 11.3 Å². The van der Waals surface area contributed by atoms with Crippen LogP contribution in [-0.2, 0) is 9.53 Å². The number of carbonyl (C=O) groups is 2. The maximum Gasteiger partial charge on any atom is 0.337 e. The van der Waals surface area contributed by atoms with Gasteiger partial charge in [-0.05, 0) is 74.1 Å². The number of aliphatic carboxylic acids is 1. The third-order valence-electron chi connectivity index (χ3n) is 8.45. The van der Waals surface area contributed by atoms with Crippen molar-refractivity contribution >= 4 is 39.9 Å². The van der Waals surface area contributed by atoms with Gasteiger partial charge >= 0.3 is 11.9 Å². The van der Waals surface area contributed by atoms with E-state index in [4.69, 9.17) is 9.72 Å². The predicted molar refractivity (Wildman–Crippen MR) is 157 cm³/mol. The Morgan fingerprint density at radius 1 is 1.02 bits per heavy atom. The van der Waals surface area contributed by atoms with Gasteiger partial charge in [-0.1, -0.05) is 37.5 Å². The lowest BCUT2D eigenvalue weighted by atomic mass is 9.73. The first-order valence-corrected chi connectivity index (χ1v) is 14.7. The third kappa shape index (κ3) is 4.74. The van der Waals surface area contributed by atoms with Crippen LogP contribution < -0.4 is 4.90 Å². The van der Waals surface area contributed by atoms with Gasteiger partial charge in [-0.15, -0.1) is 11.3 Å². The molecule has 1 saturated carbocycles. The smallest absolute Gasteiger partial charge is 0.337 e. The zero-order chi connectivity index (χ0) is 28.0. The predicted octanol–water partition coefficient (Wildman–Crippen LogP) is 7.07. The van der Waals surface area contributed by atoms with E-state index in [2.05, 4.69) is 29.2 Å². The van der Waals surface area contributed by atoms with Crippen LogP contribution in [-0.4, -0.2) is 40.7 Å². The van der Waals surface area contributed by atoms with Gasteiger partial charge in [-0.25, -0.2) is 14.8 Å². The summed E-state index contributed by atoms with van der Waals surface area (Å²) in [5.74, 6) is -0.747. The van der Waals surface area contributed by atoms with Crippen LogP contribution in [0, 0.1) is 19.8 Å². The van der Waals surface area contributed by atoms with E-state index >= 15 is 0 Å². The van der Waals surface area contributed by atoms with Crippen LogP contribution in [0.1, 0.15) is 76.3 Å². The number of ether oxygens (including phenoxy) is 1. The summed E-state index contributed by atoms with van der Waals surface area (Å²) < 4.78 is 4.98. The molecule has 1 aliphatic carbocycles. The Kier molecular flexibility index (Phi) is 7.04. The Labute approximate surface area is 237 Å². The molecule has 1 fully saturated rings. The number of anilines is 1. The maximum atomic E-state index is 12.4. The van der Waals surface area contributed by atoms with Crippen LogP contribution in [0.5, 0.6) is 0 Å². The minimum atomic E-state index is -0.897. The van der Waals surface area contributed by atoms with E-state index in [1.165, 1.54) is 26.4 Å². The van der Waals surface area contributed by atoms with E-state index < -0.39 is 11.9 Å². The summed E-state index contributed by atoms with van der Waals surface area (Å²) in [6, 6.07) is 16.0. The molecule has 3 heterocycles. The van der Waals surface area contributed by atoms with E-state index in [9.17, 15) is 14.7 Å². The van der Waals surface area contributed by atoms with E-state index in [0.29, 0.717) is 11.5 Å². The van der Waals surface area contributed by atoms with Crippen molar-refractivity contribution in [2.24, 2.45) is 5.92 Å². The molecule has 4 aromatic rings. The number of nitrogens with zero attached hydrogens (tertiary/aromatic N) is 3. The first kappa shape index (κ1) is 26.4. The number of carboxylic acids is 1. The number of rotatable bonds is 6. The lowest BCUT2D eigenvalue weighted by Gasteiger charge is -2.35. The number of methoxy groups -OCH3 is 1. The van der Waals surface area contributed by atoms with Gasteiger partial charge in [0.2, 0.25) is 0 Å². The van der Waals surface area contributed by atoms with Crippen LogP contribution in [0.15, 0.2) is 48.5 Å². The molecular weight excluding hydrogens is 522 g/mol.